The van der Waals surface area contributed by atoms with Crippen LogP contribution < -0.4 is 0 Å². The van der Waals surface area contributed by atoms with E-state index in [2.05, 4.69) is 51.4 Å². The van der Waals surface area contributed by atoms with E-state index in [1.54, 1.807) is 0 Å². The van der Waals surface area contributed by atoms with E-state index >= 15 is 0 Å². The normalized spacial score (nSPS) is 20.6. The molecule has 1 N–H and O–H groups in total. The topological polar surface area (TPSA) is 75.5 Å². The van der Waals surface area contributed by atoms with E-state index in [9.17, 15) is 0 Å². The van der Waals surface area contributed by atoms with Crippen LogP contribution in [0.4, 0.5) is 0 Å². The Morgan fingerprint density at radius 3 is 2.95 bits per heavy atom. The van der Waals surface area contributed by atoms with Gasteiger partial charge in [-0.2, -0.15) is 5.10 Å². The Kier molecular flexibility index (Phi) is 3.29. The molecule has 0 radical (unpaired) electrons. The number of nitrogens with zero attached hydrogens (tertiary/aromatic N) is 6. The summed E-state index contributed by atoms with van der Waals surface area (Å²) in [6.45, 7) is 8.20. The molecule has 1 atom stereocenters. The number of aromatic nitrogens is 6. The maximum atomic E-state index is 4.20. The fraction of sp³-hybridized carbons (Fsp3) is 0.692. The highest BCUT2D eigenvalue weighted by atomic mass is 15.6. The van der Waals surface area contributed by atoms with E-state index in [0.29, 0.717) is 6.04 Å². The minimum atomic E-state index is -0.0936. The summed E-state index contributed by atoms with van der Waals surface area (Å²) >= 11 is 0. The van der Waals surface area contributed by atoms with Crippen LogP contribution in [0.5, 0.6) is 0 Å². The van der Waals surface area contributed by atoms with Crippen molar-refractivity contribution >= 4 is 0 Å². The van der Waals surface area contributed by atoms with Crippen LogP contribution in [-0.2, 0) is 12.1 Å². The van der Waals surface area contributed by atoms with E-state index in [-0.39, 0.29) is 5.54 Å². The fourth-order valence-corrected chi connectivity index (χ4v) is 2.84. The maximum absolute atomic E-state index is 4.20. The third kappa shape index (κ3) is 2.45. The van der Waals surface area contributed by atoms with Gasteiger partial charge in [0.2, 0.25) is 0 Å². The SMILES string of the molecule is CC(C)(C)n1nnnc1CN1CCCC1c1cn[nH]c1. The van der Waals surface area contributed by atoms with Gasteiger partial charge in [0.1, 0.15) is 0 Å². The minimum absolute atomic E-state index is 0.0936. The number of H-pyrrole nitrogens is 1. The molecule has 108 valence electrons. The number of nitrogens with one attached hydrogen (secondary N) is 1. The van der Waals surface area contributed by atoms with E-state index in [0.717, 1.165) is 25.3 Å². The molecular weight excluding hydrogens is 254 g/mol. The first-order valence-corrected chi connectivity index (χ1v) is 7.06. The lowest BCUT2D eigenvalue weighted by Crippen LogP contribution is -2.30. The lowest BCUT2D eigenvalue weighted by Gasteiger charge is -2.25. The highest BCUT2D eigenvalue weighted by Crippen LogP contribution is 2.32. The molecule has 0 saturated carbocycles. The molecule has 2 aromatic rings. The van der Waals surface area contributed by atoms with Gasteiger partial charge in [0.05, 0.1) is 18.3 Å². The molecule has 3 heterocycles. The van der Waals surface area contributed by atoms with E-state index in [1.165, 1.54) is 12.0 Å². The van der Waals surface area contributed by atoms with Gasteiger partial charge in [0.25, 0.3) is 0 Å². The van der Waals surface area contributed by atoms with Crippen molar-refractivity contribution in [2.24, 2.45) is 0 Å². The largest absolute Gasteiger partial charge is 0.289 e. The fourth-order valence-electron chi connectivity index (χ4n) is 2.84. The number of hydrogen-bond donors (Lipinski definition) is 1. The maximum Gasteiger partial charge on any atom is 0.165 e. The van der Waals surface area contributed by atoms with Crippen molar-refractivity contribution in [1.82, 2.24) is 35.3 Å². The third-order valence-corrected chi connectivity index (χ3v) is 3.78. The van der Waals surface area contributed by atoms with Gasteiger partial charge in [0.15, 0.2) is 5.82 Å². The molecule has 0 bridgehead atoms. The number of hydrogen-bond acceptors (Lipinski definition) is 5. The first-order valence-electron chi connectivity index (χ1n) is 7.06. The van der Waals surface area contributed by atoms with Crippen LogP contribution in [0.25, 0.3) is 0 Å². The molecule has 7 nitrogen and oxygen atoms in total. The predicted octanol–water partition coefficient (Wildman–Crippen LogP) is 1.49. The second kappa shape index (κ2) is 4.97. The summed E-state index contributed by atoms with van der Waals surface area (Å²) in [4.78, 5) is 2.43. The minimum Gasteiger partial charge on any atom is -0.289 e. The van der Waals surface area contributed by atoms with Gasteiger partial charge in [-0.25, -0.2) is 4.68 Å². The number of rotatable bonds is 3. The monoisotopic (exact) mass is 275 g/mol. The van der Waals surface area contributed by atoms with Crippen molar-refractivity contribution in [3.05, 3.63) is 23.8 Å². The summed E-state index contributed by atoms with van der Waals surface area (Å²) in [6.07, 6.45) is 6.26. The van der Waals surface area contributed by atoms with Crippen LogP contribution in [-0.4, -0.2) is 41.8 Å². The molecule has 3 rings (SSSR count). The van der Waals surface area contributed by atoms with Gasteiger partial charge >= 0.3 is 0 Å². The van der Waals surface area contributed by atoms with Crippen LogP contribution >= 0.6 is 0 Å². The van der Waals surface area contributed by atoms with Gasteiger partial charge in [-0.1, -0.05) is 0 Å². The zero-order chi connectivity index (χ0) is 14.2. The zero-order valence-electron chi connectivity index (χ0n) is 12.2. The molecule has 2 aromatic heterocycles. The Labute approximate surface area is 118 Å². The van der Waals surface area contributed by atoms with Gasteiger partial charge in [0, 0.05) is 17.8 Å². The standard InChI is InChI=1S/C13H21N7/c1-13(2,3)20-12(16-17-18-20)9-19-6-4-5-11(19)10-7-14-15-8-10/h7-8,11H,4-6,9H2,1-3H3,(H,14,15). The van der Waals surface area contributed by atoms with Crippen LogP contribution in [0.3, 0.4) is 0 Å². The molecule has 1 aliphatic rings. The predicted molar refractivity (Wildman–Crippen MR) is 73.8 cm³/mol. The summed E-state index contributed by atoms with van der Waals surface area (Å²) < 4.78 is 1.91. The number of likely N-dealkylation sites (tertiary alicyclic amines) is 1. The molecule has 20 heavy (non-hydrogen) atoms. The second-order valence-corrected chi connectivity index (χ2v) is 6.34. The van der Waals surface area contributed by atoms with Crippen molar-refractivity contribution < 1.29 is 0 Å². The molecule has 0 aromatic carbocycles. The number of tetrazole rings is 1. The molecular formula is C13H21N7. The third-order valence-electron chi connectivity index (χ3n) is 3.78. The first-order chi connectivity index (χ1) is 9.55. The highest BCUT2D eigenvalue weighted by molar-refractivity contribution is 5.11. The molecule has 7 heteroatoms. The van der Waals surface area contributed by atoms with E-state index < -0.39 is 0 Å². The van der Waals surface area contributed by atoms with Crippen molar-refractivity contribution in [2.45, 2.75) is 51.7 Å². The number of aromatic amines is 1. The summed E-state index contributed by atoms with van der Waals surface area (Å²) in [5, 5.41) is 19.1. The average molecular weight is 275 g/mol. The highest BCUT2D eigenvalue weighted by Gasteiger charge is 2.29. The van der Waals surface area contributed by atoms with Crippen LogP contribution in [0, 0.1) is 0 Å². The van der Waals surface area contributed by atoms with Crippen molar-refractivity contribution in [2.75, 3.05) is 6.54 Å². The molecule has 0 aliphatic carbocycles. The van der Waals surface area contributed by atoms with Crippen molar-refractivity contribution in [1.29, 1.82) is 0 Å². The Bertz CT molecular complexity index is 552. The Morgan fingerprint density at radius 2 is 2.25 bits per heavy atom. The molecule has 1 saturated heterocycles. The Balaban J connectivity index is 1.79. The van der Waals surface area contributed by atoms with Crippen molar-refractivity contribution in [3.63, 3.8) is 0 Å². The second-order valence-electron chi connectivity index (χ2n) is 6.34. The lowest BCUT2D eigenvalue weighted by molar-refractivity contribution is 0.225. The summed E-state index contributed by atoms with van der Waals surface area (Å²) in [6, 6.07) is 0.416. The zero-order valence-corrected chi connectivity index (χ0v) is 12.2. The summed E-state index contributed by atoms with van der Waals surface area (Å²) in [7, 11) is 0. The Morgan fingerprint density at radius 1 is 1.40 bits per heavy atom. The first kappa shape index (κ1) is 13.2. The molecule has 1 fully saturated rings. The van der Waals surface area contributed by atoms with E-state index in [1.807, 2.05) is 17.1 Å². The van der Waals surface area contributed by atoms with Gasteiger partial charge in [-0.15, -0.1) is 5.10 Å². The van der Waals surface area contributed by atoms with Crippen molar-refractivity contribution in [3.8, 4) is 0 Å². The average Bonchev–Trinajstić information content (AvgIpc) is 3.07. The quantitative estimate of drug-likeness (QED) is 0.918. The van der Waals surface area contributed by atoms with Gasteiger partial charge in [-0.05, 0) is 50.6 Å². The summed E-state index contributed by atoms with van der Waals surface area (Å²) in [5.74, 6) is 0.924. The molecule has 1 aliphatic heterocycles. The van der Waals surface area contributed by atoms with Crippen LogP contribution in [0.1, 0.15) is 51.0 Å². The van der Waals surface area contributed by atoms with Crippen LogP contribution in [0.15, 0.2) is 12.4 Å². The van der Waals surface area contributed by atoms with E-state index in [4.69, 9.17) is 0 Å². The van der Waals surface area contributed by atoms with Gasteiger partial charge < -0.3 is 0 Å². The Hall–Kier alpha value is -1.76. The smallest absolute Gasteiger partial charge is 0.165 e. The molecule has 1 unspecified atom stereocenters. The molecule has 0 spiro atoms. The van der Waals surface area contributed by atoms with Gasteiger partial charge in [-0.3, -0.25) is 10.00 Å². The summed E-state index contributed by atoms with van der Waals surface area (Å²) in [5.41, 5.74) is 1.15. The van der Waals surface area contributed by atoms with Crippen LogP contribution in [0.2, 0.25) is 0 Å². The molecule has 0 amide bonds. The lowest BCUT2D eigenvalue weighted by atomic mass is 10.1.